The molecule has 28 heavy (non-hydrogen) atoms. The van der Waals surface area contributed by atoms with Crippen molar-refractivity contribution in [2.45, 2.75) is 6.54 Å². The molecule has 0 radical (unpaired) electrons. The Labute approximate surface area is 171 Å². The molecule has 3 rings (SSSR count). The van der Waals surface area contributed by atoms with Crippen LogP contribution in [-0.4, -0.2) is 21.3 Å². The van der Waals surface area contributed by atoms with Gasteiger partial charge in [0.1, 0.15) is 11.5 Å². The van der Waals surface area contributed by atoms with E-state index in [0.29, 0.717) is 34.9 Å². The molecule has 1 aromatic heterocycles. The van der Waals surface area contributed by atoms with E-state index >= 15 is 0 Å². The molecule has 0 saturated carbocycles. The Balaban J connectivity index is 1.81. The molecule has 0 bridgehead atoms. The minimum Gasteiger partial charge on any atom is -0.497 e. The predicted octanol–water partition coefficient (Wildman–Crippen LogP) is 4.71. The van der Waals surface area contributed by atoms with Gasteiger partial charge >= 0.3 is 5.63 Å². The van der Waals surface area contributed by atoms with E-state index in [1.807, 2.05) is 24.3 Å². The molecule has 1 N–H and O–H groups in total. The fraction of sp³-hybridized carbons (Fsp3) is 0.190. The molecule has 0 aliphatic carbocycles. The topological polar surface area (TPSA) is 69.9 Å². The molecule has 0 amide bonds. The quantitative estimate of drug-likeness (QED) is 0.567. The van der Waals surface area contributed by atoms with Crippen LogP contribution in [0.15, 0.2) is 62.2 Å². The van der Waals surface area contributed by atoms with Gasteiger partial charge in [-0.05, 0) is 64.5 Å². The summed E-state index contributed by atoms with van der Waals surface area (Å²) < 4.78 is 22.0. The van der Waals surface area contributed by atoms with Crippen molar-refractivity contribution >= 4 is 21.6 Å². The van der Waals surface area contributed by atoms with Crippen molar-refractivity contribution in [3.05, 3.63) is 69.0 Å². The van der Waals surface area contributed by atoms with Crippen molar-refractivity contribution in [3.8, 4) is 28.6 Å². The first kappa shape index (κ1) is 19.8. The number of ether oxygens (including phenoxy) is 3. The van der Waals surface area contributed by atoms with Gasteiger partial charge in [-0.15, -0.1) is 0 Å². The van der Waals surface area contributed by atoms with Crippen molar-refractivity contribution in [2.75, 3.05) is 26.6 Å². The number of benzene rings is 2. The van der Waals surface area contributed by atoms with Gasteiger partial charge in [-0.1, -0.05) is 0 Å². The molecule has 7 heteroatoms. The Kier molecular flexibility index (Phi) is 6.26. The second-order valence-corrected chi connectivity index (χ2v) is 6.74. The Morgan fingerprint density at radius 3 is 2.21 bits per heavy atom. The molecule has 146 valence electrons. The lowest BCUT2D eigenvalue weighted by atomic mass is 10.1. The standard InChI is InChI=1S/C21H20BrNO5/c1-25-15-7-5-14(6-8-15)23-12-13-4-9-18(28-21(13)24)16-10-19(26-2)20(27-3)11-17(16)22/h4-11,23H,12H2,1-3H3. The second-order valence-electron chi connectivity index (χ2n) is 5.88. The summed E-state index contributed by atoms with van der Waals surface area (Å²) in [7, 11) is 4.74. The summed E-state index contributed by atoms with van der Waals surface area (Å²) in [5.41, 5.74) is 1.70. The molecule has 0 saturated heterocycles. The summed E-state index contributed by atoms with van der Waals surface area (Å²) in [4.78, 5) is 12.4. The van der Waals surface area contributed by atoms with Crippen molar-refractivity contribution in [1.82, 2.24) is 0 Å². The highest BCUT2D eigenvalue weighted by atomic mass is 79.9. The molecular formula is C21H20BrNO5. The van der Waals surface area contributed by atoms with E-state index < -0.39 is 5.63 Å². The van der Waals surface area contributed by atoms with E-state index in [1.165, 1.54) is 0 Å². The van der Waals surface area contributed by atoms with Crippen LogP contribution < -0.4 is 25.2 Å². The fourth-order valence-electron chi connectivity index (χ4n) is 2.67. The van der Waals surface area contributed by atoms with Gasteiger partial charge in [0.25, 0.3) is 0 Å². The van der Waals surface area contributed by atoms with Gasteiger partial charge in [-0.25, -0.2) is 4.79 Å². The fourth-order valence-corrected chi connectivity index (χ4v) is 3.19. The molecule has 0 unspecified atom stereocenters. The molecule has 0 aliphatic heterocycles. The zero-order valence-corrected chi connectivity index (χ0v) is 17.3. The van der Waals surface area contributed by atoms with Gasteiger partial charge < -0.3 is 23.9 Å². The zero-order chi connectivity index (χ0) is 20.1. The highest BCUT2D eigenvalue weighted by Gasteiger charge is 2.14. The third-order valence-corrected chi connectivity index (χ3v) is 4.87. The van der Waals surface area contributed by atoms with Crippen LogP contribution in [0.25, 0.3) is 11.3 Å². The Hall–Kier alpha value is -2.93. The number of nitrogens with one attached hydrogen (secondary N) is 1. The Morgan fingerprint density at radius 1 is 0.929 bits per heavy atom. The van der Waals surface area contributed by atoms with Crippen LogP contribution in [0.3, 0.4) is 0 Å². The van der Waals surface area contributed by atoms with Gasteiger partial charge in [0, 0.05) is 22.3 Å². The van der Waals surface area contributed by atoms with Crippen LogP contribution in [0.1, 0.15) is 5.56 Å². The first-order valence-electron chi connectivity index (χ1n) is 8.48. The lowest BCUT2D eigenvalue weighted by Crippen LogP contribution is -2.12. The van der Waals surface area contributed by atoms with E-state index in [-0.39, 0.29) is 0 Å². The van der Waals surface area contributed by atoms with Gasteiger partial charge in [0.05, 0.1) is 26.9 Å². The van der Waals surface area contributed by atoms with E-state index in [1.54, 1.807) is 45.6 Å². The predicted molar refractivity (Wildman–Crippen MR) is 112 cm³/mol. The third kappa shape index (κ3) is 4.31. The van der Waals surface area contributed by atoms with Gasteiger partial charge in [0.2, 0.25) is 0 Å². The number of anilines is 1. The largest absolute Gasteiger partial charge is 0.497 e. The third-order valence-electron chi connectivity index (χ3n) is 4.21. The minimum atomic E-state index is -0.403. The normalized spacial score (nSPS) is 10.4. The highest BCUT2D eigenvalue weighted by molar-refractivity contribution is 9.10. The molecule has 3 aromatic rings. The van der Waals surface area contributed by atoms with Crippen LogP contribution in [-0.2, 0) is 6.54 Å². The van der Waals surface area contributed by atoms with E-state index in [2.05, 4.69) is 21.2 Å². The first-order chi connectivity index (χ1) is 13.5. The molecule has 0 fully saturated rings. The average Bonchev–Trinajstić information content (AvgIpc) is 2.73. The number of methoxy groups -OCH3 is 3. The summed E-state index contributed by atoms with van der Waals surface area (Å²) >= 11 is 3.48. The Morgan fingerprint density at radius 2 is 1.61 bits per heavy atom. The van der Waals surface area contributed by atoms with Crippen LogP contribution >= 0.6 is 15.9 Å². The second kappa shape index (κ2) is 8.84. The maximum absolute atomic E-state index is 12.4. The average molecular weight is 446 g/mol. The van der Waals surface area contributed by atoms with Crippen LogP contribution in [0.2, 0.25) is 0 Å². The van der Waals surface area contributed by atoms with Gasteiger partial charge in [-0.2, -0.15) is 0 Å². The monoisotopic (exact) mass is 445 g/mol. The SMILES string of the molecule is COc1ccc(NCc2ccc(-c3cc(OC)c(OC)cc3Br)oc2=O)cc1. The molecule has 6 nitrogen and oxygen atoms in total. The van der Waals surface area contributed by atoms with E-state index in [9.17, 15) is 4.79 Å². The summed E-state index contributed by atoms with van der Waals surface area (Å²) in [5, 5.41) is 3.20. The summed E-state index contributed by atoms with van der Waals surface area (Å²) in [6.07, 6.45) is 0. The molecule has 0 spiro atoms. The minimum absolute atomic E-state index is 0.349. The number of halogens is 1. The van der Waals surface area contributed by atoms with Crippen molar-refractivity contribution < 1.29 is 18.6 Å². The number of rotatable bonds is 7. The first-order valence-corrected chi connectivity index (χ1v) is 9.28. The maximum Gasteiger partial charge on any atom is 0.341 e. The lowest BCUT2D eigenvalue weighted by Gasteiger charge is -2.12. The molecule has 0 aliphatic rings. The molecule has 1 heterocycles. The van der Waals surface area contributed by atoms with E-state index in [4.69, 9.17) is 18.6 Å². The van der Waals surface area contributed by atoms with Gasteiger partial charge in [0.15, 0.2) is 11.5 Å². The lowest BCUT2D eigenvalue weighted by molar-refractivity contribution is 0.354. The number of hydrogen-bond donors (Lipinski definition) is 1. The highest BCUT2D eigenvalue weighted by Crippen LogP contribution is 2.38. The molecular weight excluding hydrogens is 426 g/mol. The van der Waals surface area contributed by atoms with Crippen LogP contribution in [0.4, 0.5) is 5.69 Å². The molecule has 0 atom stereocenters. The van der Waals surface area contributed by atoms with Crippen molar-refractivity contribution in [3.63, 3.8) is 0 Å². The van der Waals surface area contributed by atoms with Gasteiger partial charge in [-0.3, -0.25) is 0 Å². The number of hydrogen-bond acceptors (Lipinski definition) is 6. The molecule has 2 aromatic carbocycles. The smallest absolute Gasteiger partial charge is 0.341 e. The van der Waals surface area contributed by atoms with Crippen LogP contribution in [0.5, 0.6) is 17.2 Å². The van der Waals surface area contributed by atoms with E-state index in [0.717, 1.165) is 15.9 Å². The maximum atomic E-state index is 12.4. The van der Waals surface area contributed by atoms with Crippen molar-refractivity contribution in [1.29, 1.82) is 0 Å². The van der Waals surface area contributed by atoms with Crippen LogP contribution in [0, 0.1) is 0 Å². The summed E-state index contributed by atoms with van der Waals surface area (Å²) in [6, 6.07) is 14.5. The summed E-state index contributed by atoms with van der Waals surface area (Å²) in [6.45, 7) is 0.349. The summed E-state index contributed by atoms with van der Waals surface area (Å²) in [5.74, 6) is 2.34. The van der Waals surface area contributed by atoms with Crippen molar-refractivity contribution in [2.24, 2.45) is 0 Å². The zero-order valence-electron chi connectivity index (χ0n) is 15.7. The Bertz CT molecular complexity index is 1010.